The summed E-state index contributed by atoms with van der Waals surface area (Å²) < 4.78 is 7.08. The number of thiazole rings is 1. The van der Waals surface area contributed by atoms with Crippen LogP contribution >= 0.6 is 22.9 Å². The van der Waals surface area contributed by atoms with Gasteiger partial charge in [-0.05, 0) is 36.8 Å². The molecule has 0 bridgehead atoms. The van der Waals surface area contributed by atoms with E-state index in [1.807, 2.05) is 42.6 Å². The van der Waals surface area contributed by atoms with Gasteiger partial charge >= 0.3 is 0 Å². The third-order valence-electron chi connectivity index (χ3n) is 4.41. The largest absolute Gasteiger partial charge is 0.459 e. The molecular weight excluding hydrogens is 422 g/mol. The number of carbonyl (C=O) groups is 1. The number of aryl methyl sites for hydroxylation is 1. The molecule has 0 fully saturated rings. The molecule has 0 radical (unpaired) electrons. The molecule has 0 aliphatic carbocycles. The molecule has 1 aromatic carbocycles. The molecule has 0 unspecified atom stereocenters. The SMILES string of the molecule is Cc1ccc(-c2nc(CC(=O)Nc3ccc(=O)n(Cc4ccccc4Cl)c3)cs2)o1. The molecule has 1 N–H and O–H groups in total. The summed E-state index contributed by atoms with van der Waals surface area (Å²) in [6, 6.07) is 14.1. The maximum Gasteiger partial charge on any atom is 0.250 e. The Morgan fingerprint density at radius 1 is 1.20 bits per heavy atom. The molecule has 0 saturated carbocycles. The number of pyridine rings is 1. The van der Waals surface area contributed by atoms with Gasteiger partial charge in [-0.3, -0.25) is 9.59 Å². The van der Waals surface area contributed by atoms with Crippen LogP contribution in [0.2, 0.25) is 5.02 Å². The van der Waals surface area contributed by atoms with Crippen LogP contribution in [0.25, 0.3) is 10.8 Å². The van der Waals surface area contributed by atoms with Gasteiger partial charge in [-0.15, -0.1) is 11.3 Å². The minimum absolute atomic E-state index is 0.125. The number of benzene rings is 1. The van der Waals surface area contributed by atoms with Crippen LogP contribution in [0.3, 0.4) is 0 Å². The number of rotatable bonds is 6. The molecule has 3 heterocycles. The Balaban J connectivity index is 1.44. The minimum atomic E-state index is -0.217. The molecule has 6 nitrogen and oxygen atoms in total. The van der Waals surface area contributed by atoms with E-state index >= 15 is 0 Å². The first-order valence-electron chi connectivity index (χ1n) is 9.23. The Kier molecular flexibility index (Phi) is 5.83. The zero-order chi connectivity index (χ0) is 21.1. The summed E-state index contributed by atoms with van der Waals surface area (Å²) in [6.07, 6.45) is 1.74. The summed E-state index contributed by atoms with van der Waals surface area (Å²) in [5, 5.41) is 5.98. The molecular formula is C22H18ClN3O3S. The fourth-order valence-electron chi connectivity index (χ4n) is 2.96. The molecule has 4 rings (SSSR count). The van der Waals surface area contributed by atoms with Crippen molar-refractivity contribution in [2.75, 3.05) is 5.32 Å². The van der Waals surface area contributed by atoms with Gasteiger partial charge in [0.05, 0.1) is 24.3 Å². The van der Waals surface area contributed by atoms with Crippen LogP contribution in [0.4, 0.5) is 5.69 Å². The van der Waals surface area contributed by atoms with Crippen molar-refractivity contribution in [3.05, 3.63) is 92.5 Å². The molecule has 0 aliphatic heterocycles. The minimum Gasteiger partial charge on any atom is -0.459 e. The number of hydrogen-bond acceptors (Lipinski definition) is 5. The maximum atomic E-state index is 12.5. The average molecular weight is 440 g/mol. The molecule has 8 heteroatoms. The summed E-state index contributed by atoms with van der Waals surface area (Å²) in [6.45, 7) is 2.19. The predicted molar refractivity (Wildman–Crippen MR) is 118 cm³/mol. The lowest BCUT2D eigenvalue weighted by atomic mass is 10.2. The molecule has 0 atom stereocenters. The first-order valence-corrected chi connectivity index (χ1v) is 10.5. The number of carbonyl (C=O) groups excluding carboxylic acids is 1. The zero-order valence-electron chi connectivity index (χ0n) is 16.1. The van der Waals surface area contributed by atoms with Gasteiger partial charge in [0.2, 0.25) is 5.91 Å². The summed E-state index contributed by atoms with van der Waals surface area (Å²) in [7, 11) is 0. The van der Waals surface area contributed by atoms with E-state index in [0.29, 0.717) is 28.7 Å². The summed E-state index contributed by atoms with van der Waals surface area (Å²) in [4.78, 5) is 29.1. The molecule has 0 aliphatic rings. The van der Waals surface area contributed by atoms with Gasteiger partial charge < -0.3 is 14.3 Å². The average Bonchev–Trinajstić information content (AvgIpc) is 3.35. The first kappa shape index (κ1) is 20.1. The molecule has 3 aromatic heterocycles. The van der Waals surface area contributed by atoms with Gasteiger partial charge in [0.15, 0.2) is 10.8 Å². The number of nitrogens with one attached hydrogen (secondary N) is 1. The van der Waals surface area contributed by atoms with Crippen LogP contribution in [0.5, 0.6) is 0 Å². The highest BCUT2D eigenvalue weighted by Gasteiger charge is 2.12. The maximum absolute atomic E-state index is 12.5. The summed E-state index contributed by atoms with van der Waals surface area (Å²) in [5.74, 6) is 1.28. The van der Waals surface area contributed by atoms with Crippen LogP contribution in [0.15, 0.2) is 69.3 Å². The second kappa shape index (κ2) is 8.69. The third-order valence-corrected chi connectivity index (χ3v) is 5.68. The van der Waals surface area contributed by atoms with Gasteiger partial charge in [0, 0.05) is 22.7 Å². The summed E-state index contributed by atoms with van der Waals surface area (Å²) >= 11 is 7.62. The second-order valence-corrected chi connectivity index (χ2v) is 8.02. The van der Waals surface area contributed by atoms with E-state index < -0.39 is 0 Å². The third kappa shape index (κ3) is 4.69. The number of aromatic nitrogens is 2. The number of nitrogens with zero attached hydrogens (tertiary/aromatic N) is 2. The highest BCUT2D eigenvalue weighted by atomic mass is 35.5. The predicted octanol–water partition coefficient (Wildman–Crippen LogP) is 4.76. The van der Waals surface area contributed by atoms with Crippen LogP contribution in [-0.2, 0) is 17.8 Å². The highest BCUT2D eigenvalue weighted by molar-refractivity contribution is 7.13. The smallest absolute Gasteiger partial charge is 0.250 e. The van der Waals surface area contributed by atoms with Crippen molar-refractivity contribution in [3.8, 4) is 10.8 Å². The Labute approximate surface area is 181 Å². The van der Waals surface area contributed by atoms with Crippen molar-refractivity contribution in [1.29, 1.82) is 0 Å². The van der Waals surface area contributed by atoms with Gasteiger partial charge in [0.1, 0.15) is 5.76 Å². The lowest BCUT2D eigenvalue weighted by molar-refractivity contribution is -0.115. The number of furan rings is 1. The van der Waals surface area contributed by atoms with Crippen molar-refractivity contribution >= 4 is 34.5 Å². The molecule has 1 amide bonds. The van der Waals surface area contributed by atoms with Gasteiger partial charge in [-0.25, -0.2) is 4.98 Å². The van der Waals surface area contributed by atoms with E-state index in [0.717, 1.165) is 16.3 Å². The van der Waals surface area contributed by atoms with Crippen molar-refractivity contribution in [2.45, 2.75) is 19.9 Å². The van der Waals surface area contributed by atoms with Crippen molar-refractivity contribution < 1.29 is 9.21 Å². The Hall–Kier alpha value is -3.16. The molecule has 152 valence electrons. The zero-order valence-corrected chi connectivity index (χ0v) is 17.7. The normalized spacial score (nSPS) is 10.9. The monoisotopic (exact) mass is 439 g/mol. The van der Waals surface area contributed by atoms with E-state index in [4.69, 9.17) is 16.0 Å². The Morgan fingerprint density at radius 2 is 2.03 bits per heavy atom. The first-order chi connectivity index (χ1) is 14.5. The van der Waals surface area contributed by atoms with E-state index in [9.17, 15) is 9.59 Å². The Bertz CT molecular complexity index is 1260. The van der Waals surface area contributed by atoms with Crippen LogP contribution in [-0.4, -0.2) is 15.5 Å². The Morgan fingerprint density at radius 3 is 2.80 bits per heavy atom. The van der Waals surface area contributed by atoms with E-state index in [2.05, 4.69) is 10.3 Å². The van der Waals surface area contributed by atoms with E-state index in [1.54, 1.807) is 18.3 Å². The quantitative estimate of drug-likeness (QED) is 0.470. The van der Waals surface area contributed by atoms with E-state index in [1.165, 1.54) is 22.0 Å². The fraction of sp³-hybridized carbons (Fsp3) is 0.136. The van der Waals surface area contributed by atoms with Crippen LogP contribution in [0, 0.1) is 6.92 Å². The topological polar surface area (TPSA) is 77.1 Å². The number of hydrogen-bond donors (Lipinski definition) is 1. The summed E-state index contributed by atoms with van der Waals surface area (Å²) in [5.41, 5.74) is 1.84. The second-order valence-electron chi connectivity index (χ2n) is 6.75. The van der Waals surface area contributed by atoms with Crippen molar-refractivity contribution in [1.82, 2.24) is 9.55 Å². The standard InChI is InChI=1S/C22H18ClN3O3S/c1-14-6-8-19(29-14)22-25-17(13-30-22)10-20(27)24-16-7-9-21(28)26(12-16)11-15-4-2-3-5-18(15)23/h2-9,12-13H,10-11H2,1H3,(H,24,27). The van der Waals surface area contributed by atoms with Crippen LogP contribution < -0.4 is 10.9 Å². The number of amides is 1. The lowest BCUT2D eigenvalue weighted by Gasteiger charge is -2.10. The van der Waals surface area contributed by atoms with E-state index in [-0.39, 0.29) is 17.9 Å². The fourth-order valence-corrected chi connectivity index (χ4v) is 3.93. The molecule has 4 aromatic rings. The van der Waals surface area contributed by atoms with Crippen molar-refractivity contribution in [2.24, 2.45) is 0 Å². The van der Waals surface area contributed by atoms with Crippen LogP contribution in [0.1, 0.15) is 17.0 Å². The van der Waals surface area contributed by atoms with Gasteiger partial charge in [-0.2, -0.15) is 0 Å². The van der Waals surface area contributed by atoms with Crippen molar-refractivity contribution in [3.63, 3.8) is 0 Å². The molecule has 0 spiro atoms. The number of halogens is 1. The van der Waals surface area contributed by atoms with Gasteiger partial charge in [0.25, 0.3) is 5.56 Å². The lowest BCUT2D eigenvalue weighted by Crippen LogP contribution is -2.21. The van der Waals surface area contributed by atoms with Gasteiger partial charge in [-0.1, -0.05) is 29.8 Å². The number of anilines is 1. The highest BCUT2D eigenvalue weighted by Crippen LogP contribution is 2.25. The molecule has 0 saturated heterocycles. The molecule has 30 heavy (non-hydrogen) atoms.